The zero-order valence-electron chi connectivity index (χ0n) is 16.5. The van der Waals surface area contributed by atoms with Crippen molar-refractivity contribution in [1.82, 2.24) is 19.4 Å². The second kappa shape index (κ2) is 9.41. The number of thioether (sulfide) groups is 1. The van der Waals surface area contributed by atoms with Gasteiger partial charge in [0.2, 0.25) is 5.91 Å². The summed E-state index contributed by atoms with van der Waals surface area (Å²) in [6.45, 7) is 7.02. The molecule has 1 aliphatic carbocycles. The van der Waals surface area contributed by atoms with E-state index in [-0.39, 0.29) is 11.6 Å². The molecule has 2 aliphatic heterocycles. The Hall–Kier alpha value is -1.38. The average molecular weight is 407 g/mol. The summed E-state index contributed by atoms with van der Waals surface area (Å²) in [7, 11) is 0. The highest BCUT2D eigenvalue weighted by Gasteiger charge is 2.24. The zero-order chi connectivity index (χ0) is 19.3. The minimum Gasteiger partial charge on any atom is -0.379 e. The van der Waals surface area contributed by atoms with Gasteiger partial charge in [-0.3, -0.25) is 14.3 Å². The average Bonchev–Trinajstić information content (AvgIpc) is 3.41. The van der Waals surface area contributed by atoms with Crippen LogP contribution in [0.2, 0.25) is 0 Å². The maximum atomic E-state index is 12.7. The van der Waals surface area contributed by atoms with E-state index >= 15 is 0 Å². The van der Waals surface area contributed by atoms with Crippen molar-refractivity contribution in [1.29, 1.82) is 0 Å². The van der Waals surface area contributed by atoms with Gasteiger partial charge in [0.25, 0.3) is 0 Å². The Kier molecular flexibility index (Phi) is 6.69. The van der Waals surface area contributed by atoms with E-state index in [0.29, 0.717) is 5.75 Å². The molecule has 0 N–H and O–H groups in total. The summed E-state index contributed by atoms with van der Waals surface area (Å²) in [5, 5.41) is 0.787. The predicted molar refractivity (Wildman–Crippen MR) is 109 cm³/mol. The van der Waals surface area contributed by atoms with E-state index < -0.39 is 0 Å². The molecular weight excluding hydrogens is 376 g/mol. The quantitative estimate of drug-likeness (QED) is 0.500. The van der Waals surface area contributed by atoms with E-state index in [1.807, 2.05) is 9.47 Å². The normalized spacial score (nSPS) is 19.9. The first-order valence-corrected chi connectivity index (χ1v) is 11.5. The Morgan fingerprint density at radius 3 is 2.61 bits per heavy atom. The lowest BCUT2D eigenvalue weighted by molar-refractivity contribution is -0.127. The monoisotopic (exact) mass is 406 g/mol. The second-order valence-electron chi connectivity index (χ2n) is 7.81. The molecule has 0 spiro atoms. The summed E-state index contributed by atoms with van der Waals surface area (Å²) >= 11 is 1.45. The van der Waals surface area contributed by atoms with E-state index in [4.69, 9.17) is 4.74 Å². The minimum atomic E-state index is -0.154. The maximum absolute atomic E-state index is 12.7. The number of carbonyl (C=O) groups excluding carboxylic acids is 1. The number of hydrogen-bond acceptors (Lipinski definition) is 6. The minimum absolute atomic E-state index is 0.154. The highest BCUT2D eigenvalue weighted by atomic mass is 32.2. The van der Waals surface area contributed by atoms with Gasteiger partial charge in [-0.25, -0.2) is 4.79 Å². The van der Waals surface area contributed by atoms with E-state index in [9.17, 15) is 9.59 Å². The Morgan fingerprint density at radius 1 is 1.04 bits per heavy atom. The highest BCUT2D eigenvalue weighted by molar-refractivity contribution is 7.99. The number of amides is 1. The van der Waals surface area contributed by atoms with Crippen LogP contribution < -0.4 is 5.69 Å². The van der Waals surface area contributed by atoms with Gasteiger partial charge in [0.05, 0.1) is 19.0 Å². The highest BCUT2D eigenvalue weighted by Crippen LogP contribution is 2.29. The fourth-order valence-electron chi connectivity index (χ4n) is 4.40. The molecule has 0 atom stereocenters. The molecule has 154 valence electrons. The van der Waals surface area contributed by atoms with Gasteiger partial charge in [-0.1, -0.05) is 11.8 Å². The van der Waals surface area contributed by atoms with Crippen LogP contribution in [0, 0.1) is 0 Å². The van der Waals surface area contributed by atoms with Gasteiger partial charge >= 0.3 is 5.69 Å². The predicted octanol–water partition coefficient (Wildman–Crippen LogP) is 1.17. The number of carbonyl (C=O) groups is 1. The largest absolute Gasteiger partial charge is 0.379 e. The molecule has 7 nitrogen and oxygen atoms in total. The number of hydrogen-bond donors (Lipinski definition) is 0. The third kappa shape index (κ3) is 4.60. The molecule has 0 bridgehead atoms. The number of nitrogens with zero attached hydrogens (tertiary/aromatic N) is 4. The second-order valence-corrected chi connectivity index (χ2v) is 8.78. The Bertz CT molecular complexity index is 755. The first kappa shape index (κ1) is 19.9. The SMILES string of the molecule is O=C(CSc1nc(=O)n(CCCN2CCOCC2)c2c1CCC2)N1CCCC1. The summed E-state index contributed by atoms with van der Waals surface area (Å²) in [5.74, 6) is 0.561. The molecule has 1 amide bonds. The van der Waals surface area contributed by atoms with E-state index in [1.54, 1.807) is 0 Å². The molecule has 2 saturated heterocycles. The topological polar surface area (TPSA) is 67.7 Å². The van der Waals surface area contributed by atoms with Crippen molar-refractivity contribution >= 4 is 17.7 Å². The third-order valence-corrected chi connectivity index (χ3v) is 6.95. The first-order valence-electron chi connectivity index (χ1n) is 10.6. The Morgan fingerprint density at radius 2 is 1.82 bits per heavy atom. The molecule has 0 unspecified atom stereocenters. The number of aromatic nitrogens is 2. The molecule has 4 rings (SSSR count). The van der Waals surface area contributed by atoms with Crippen LogP contribution in [0.5, 0.6) is 0 Å². The Labute approximate surface area is 170 Å². The van der Waals surface area contributed by atoms with Crippen LogP contribution in [0.15, 0.2) is 9.82 Å². The van der Waals surface area contributed by atoms with Gasteiger partial charge in [-0.05, 0) is 38.5 Å². The van der Waals surface area contributed by atoms with Crippen molar-refractivity contribution in [3.05, 3.63) is 21.7 Å². The van der Waals surface area contributed by atoms with Gasteiger partial charge < -0.3 is 9.64 Å². The summed E-state index contributed by atoms with van der Waals surface area (Å²) in [6, 6.07) is 0. The van der Waals surface area contributed by atoms with Crippen molar-refractivity contribution in [3.8, 4) is 0 Å². The molecule has 0 saturated carbocycles. The molecule has 28 heavy (non-hydrogen) atoms. The number of likely N-dealkylation sites (tertiary alicyclic amines) is 1. The van der Waals surface area contributed by atoms with Gasteiger partial charge in [0.1, 0.15) is 5.03 Å². The zero-order valence-corrected chi connectivity index (χ0v) is 17.3. The molecule has 3 aliphatic rings. The maximum Gasteiger partial charge on any atom is 0.348 e. The fraction of sp³-hybridized carbons (Fsp3) is 0.750. The number of rotatable bonds is 7. The smallest absolute Gasteiger partial charge is 0.348 e. The summed E-state index contributed by atoms with van der Waals surface area (Å²) in [6.07, 6.45) is 6.13. The standard InChI is InChI=1S/C20H30N4O3S/c25-18(23-8-1-2-9-23)15-28-19-16-5-3-6-17(16)24(20(26)21-19)10-4-7-22-11-13-27-14-12-22/h1-15H2. The van der Waals surface area contributed by atoms with Crippen molar-refractivity contribution in [2.75, 3.05) is 51.7 Å². The lowest BCUT2D eigenvalue weighted by atomic mass is 10.2. The van der Waals surface area contributed by atoms with E-state index in [2.05, 4.69) is 9.88 Å². The van der Waals surface area contributed by atoms with Gasteiger partial charge in [0.15, 0.2) is 0 Å². The number of ether oxygens (including phenoxy) is 1. The first-order chi connectivity index (χ1) is 13.7. The van der Waals surface area contributed by atoms with Gasteiger partial charge in [-0.15, -0.1) is 0 Å². The summed E-state index contributed by atoms with van der Waals surface area (Å²) < 4.78 is 7.28. The lowest BCUT2D eigenvalue weighted by Crippen LogP contribution is -2.37. The molecule has 8 heteroatoms. The van der Waals surface area contributed by atoms with Crippen LogP contribution >= 0.6 is 11.8 Å². The Balaban J connectivity index is 1.39. The van der Waals surface area contributed by atoms with Crippen molar-refractivity contribution < 1.29 is 9.53 Å². The number of morpholine rings is 1. The lowest BCUT2D eigenvalue weighted by Gasteiger charge is -2.26. The van der Waals surface area contributed by atoms with Gasteiger partial charge in [-0.2, -0.15) is 4.98 Å². The molecule has 1 aromatic heterocycles. The van der Waals surface area contributed by atoms with Crippen LogP contribution in [0.25, 0.3) is 0 Å². The van der Waals surface area contributed by atoms with Gasteiger partial charge in [0, 0.05) is 50.5 Å². The van der Waals surface area contributed by atoms with Crippen molar-refractivity contribution in [2.24, 2.45) is 0 Å². The van der Waals surface area contributed by atoms with Crippen LogP contribution in [-0.2, 0) is 28.9 Å². The summed E-state index contributed by atoms with van der Waals surface area (Å²) in [4.78, 5) is 33.7. The van der Waals surface area contributed by atoms with Crippen molar-refractivity contribution in [2.45, 2.75) is 50.1 Å². The summed E-state index contributed by atoms with van der Waals surface area (Å²) in [5.41, 5.74) is 2.20. The molecule has 2 fully saturated rings. The van der Waals surface area contributed by atoms with Crippen LogP contribution in [0.4, 0.5) is 0 Å². The molecule has 0 radical (unpaired) electrons. The van der Waals surface area contributed by atoms with Crippen LogP contribution in [0.1, 0.15) is 36.9 Å². The molecular formula is C20H30N4O3S. The number of fused-ring (bicyclic) bond motifs is 1. The van der Waals surface area contributed by atoms with Crippen molar-refractivity contribution in [3.63, 3.8) is 0 Å². The fourth-order valence-corrected chi connectivity index (χ4v) is 5.38. The van der Waals surface area contributed by atoms with Crippen LogP contribution in [-0.4, -0.2) is 76.9 Å². The van der Waals surface area contributed by atoms with Crippen LogP contribution in [0.3, 0.4) is 0 Å². The molecule has 3 heterocycles. The van der Waals surface area contributed by atoms with E-state index in [0.717, 1.165) is 102 Å². The molecule has 0 aromatic carbocycles. The molecule has 1 aromatic rings. The third-order valence-electron chi connectivity index (χ3n) is 5.95. The van der Waals surface area contributed by atoms with E-state index in [1.165, 1.54) is 17.3 Å².